The van der Waals surface area contributed by atoms with Gasteiger partial charge in [0.15, 0.2) is 6.61 Å². The van der Waals surface area contributed by atoms with Gasteiger partial charge in [-0.1, -0.05) is 17.7 Å². The van der Waals surface area contributed by atoms with Gasteiger partial charge in [0.2, 0.25) is 0 Å². The van der Waals surface area contributed by atoms with Crippen LogP contribution >= 0.6 is 11.6 Å². The van der Waals surface area contributed by atoms with Crippen molar-refractivity contribution in [3.05, 3.63) is 58.6 Å². The van der Waals surface area contributed by atoms with E-state index in [9.17, 15) is 9.59 Å². The van der Waals surface area contributed by atoms with Crippen LogP contribution in [0.2, 0.25) is 5.02 Å². The number of hydrogen-bond donors (Lipinski definition) is 0. The highest BCUT2D eigenvalue weighted by Crippen LogP contribution is 2.38. The molecule has 1 amide bonds. The van der Waals surface area contributed by atoms with Crippen LogP contribution in [0.4, 0.5) is 0 Å². The van der Waals surface area contributed by atoms with E-state index in [4.69, 9.17) is 25.8 Å². The lowest BCUT2D eigenvalue weighted by Crippen LogP contribution is -2.34. The molecule has 7 heteroatoms. The van der Waals surface area contributed by atoms with E-state index in [2.05, 4.69) is 0 Å². The van der Waals surface area contributed by atoms with Crippen molar-refractivity contribution in [2.24, 2.45) is 0 Å². The molecule has 1 fully saturated rings. The Morgan fingerprint density at radius 2 is 1.96 bits per heavy atom. The van der Waals surface area contributed by atoms with Crippen molar-refractivity contribution in [3.63, 3.8) is 0 Å². The number of carbonyl (C=O) groups is 2. The number of benzene rings is 2. The summed E-state index contributed by atoms with van der Waals surface area (Å²) in [5.74, 6) is 0.567. The number of amides is 1. The van der Waals surface area contributed by atoms with Gasteiger partial charge in [-0.05, 0) is 49.2 Å². The number of ether oxygens (including phenoxy) is 3. The lowest BCUT2D eigenvalue weighted by molar-refractivity contribution is -0.135. The summed E-state index contributed by atoms with van der Waals surface area (Å²) >= 11 is 5.89. The molecule has 0 unspecified atom stereocenters. The van der Waals surface area contributed by atoms with Crippen molar-refractivity contribution >= 4 is 23.5 Å². The van der Waals surface area contributed by atoms with Crippen LogP contribution < -0.4 is 9.47 Å². The Morgan fingerprint density at radius 3 is 2.68 bits per heavy atom. The summed E-state index contributed by atoms with van der Waals surface area (Å²) in [6, 6.07) is 11.8. The van der Waals surface area contributed by atoms with Gasteiger partial charge < -0.3 is 19.1 Å². The minimum Gasteiger partial charge on any atom is -0.497 e. The van der Waals surface area contributed by atoms with Crippen molar-refractivity contribution < 1.29 is 23.8 Å². The molecule has 6 nitrogen and oxygen atoms in total. The molecule has 3 rings (SSSR count). The minimum atomic E-state index is -0.578. The quantitative estimate of drug-likeness (QED) is 0.685. The van der Waals surface area contributed by atoms with Gasteiger partial charge in [-0.15, -0.1) is 0 Å². The van der Waals surface area contributed by atoms with Gasteiger partial charge in [-0.25, -0.2) is 4.79 Å². The number of nitrogens with zero attached hydrogens (tertiary/aromatic N) is 1. The number of halogens is 1. The highest BCUT2D eigenvalue weighted by Gasteiger charge is 2.32. The fourth-order valence-electron chi connectivity index (χ4n) is 3.40. The Hall–Kier alpha value is -2.73. The number of likely N-dealkylation sites (tertiary alicyclic amines) is 1. The Morgan fingerprint density at radius 1 is 1.14 bits per heavy atom. The van der Waals surface area contributed by atoms with Crippen molar-refractivity contribution in [2.45, 2.75) is 18.9 Å². The molecule has 2 aromatic carbocycles. The van der Waals surface area contributed by atoms with Crippen molar-refractivity contribution in [1.29, 1.82) is 0 Å². The summed E-state index contributed by atoms with van der Waals surface area (Å²) in [6.07, 6.45) is 1.66. The van der Waals surface area contributed by atoms with Crippen molar-refractivity contribution in [3.8, 4) is 11.5 Å². The second-order valence-electron chi connectivity index (χ2n) is 6.44. The van der Waals surface area contributed by atoms with E-state index >= 15 is 0 Å². The van der Waals surface area contributed by atoms with Crippen LogP contribution in [0.1, 0.15) is 34.8 Å². The molecule has 2 aromatic rings. The normalized spacial score (nSPS) is 16.0. The fourth-order valence-corrected chi connectivity index (χ4v) is 3.59. The molecule has 0 radical (unpaired) electrons. The predicted octanol–water partition coefficient (Wildman–Crippen LogP) is 3.88. The van der Waals surface area contributed by atoms with E-state index in [1.165, 1.54) is 6.07 Å². The highest BCUT2D eigenvalue weighted by atomic mass is 35.5. The molecule has 0 spiro atoms. The van der Waals surface area contributed by atoms with E-state index in [1.54, 1.807) is 37.3 Å². The first-order chi connectivity index (χ1) is 13.5. The molecule has 0 aliphatic carbocycles. The summed E-state index contributed by atoms with van der Waals surface area (Å²) < 4.78 is 16.0. The molecule has 0 bridgehead atoms. The van der Waals surface area contributed by atoms with Crippen LogP contribution in [0.15, 0.2) is 42.5 Å². The molecule has 1 heterocycles. The number of hydrogen-bond acceptors (Lipinski definition) is 5. The Kier molecular flexibility index (Phi) is 6.41. The lowest BCUT2D eigenvalue weighted by Gasteiger charge is -2.26. The first-order valence-corrected chi connectivity index (χ1v) is 9.35. The molecule has 148 valence electrons. The average molecular weight is 404 g/mol. The zero-order chi connectivity index (χ0) is 20.1. The fraction of sp³-hybridized carbons (Fsp3) is 0.333. The lowest BCUT2D eigenvalue weighted by atomic mass is 10.0. The van der Waals surface area contributed by atoms with E-state index < -0.39 is 5.97 Å². The summed E-state index contributed by atoms with van der Waals surface area (Å²) in [7, 11) is 3.19. The topological polar surface area (TPSA) is 65.1 Å². The van der Waals surface area contributed by atoms with E-state index in [-0.39, 0.29) is 18.6 Å². The standard InChI is InChI=1S/C21H22ClNO5/c1-26-16-8-9-19(27-2)17(12-16)18-7-4-10-23(18)20(24)13-28-21(25)14-5-3-6-15(22)11-14/h3,5-6,8-9,11-12,18H,4,7,10,13H2,1-2H3/t18-/m0/s1. The predicted molar refractivity (Wildman–Crippen MR) is 105 cm³/mol. The van der Waals surface area contributed by atoms with Crippen molar-refractivity contribution in [2.75, 3.05) is 27.4 Å². The first kappa shape index (κ1) is 20.0. The van der Waals surface area contributed by atoms with Crippen LogP contribution in [0, 0.1) is 0 Å². The van der Waals surface area contributed by atoms with Gasteiger partial charge in [0, 0.05) is 17.1 Å². The van der Waals surface area contributed by atoms with Gasteiger partial charge in [0.05, 0.1) is 25.8 Å². The van der Waals surface area contributed by atoms with Gasteiger partial charge >= 0.3 is 5.97 Å². The number of carbonyl (C=O) groups excluding carboxylic acids is 2. The van der Waals surface area contributed by atoms with E-state index in [0.717, 1.165) is 18.4 Å². The van der Waals surface area contributed by atoms with Crippen LogP contribution in [0.25, 0.3) is 0 Å². The maximum Gasteiger partial charge on any atom is 0.338 e. The Labute approximate surface area is 168 Å². The third-order valence-electron chi connectivity index (χ3n) is 4.76. The zero-order valence-corrected chi connectivity index (χ0v) is 16.6. The molecule has 1 aliphatic heterocycles. The molecule has 1 atom stereocenters. The Balaban J connectivity index is 1.70. The number of methoxy groups -OCH3 is 2. The minimum absolute atomic E-state index is 0.151. The molecule has 28 heavy (non-hydrogen) atoms. The van der Waals surface area contributed by atoms with Gasteiger partial charge in [0.1, 0.15) is 11.5 Å². The monoisotopic (exact) mass is 403 g/mol. The van der Waals surface area contributed by atoms with Crippen LogP contribution in [-0.2, 0) is 9.53 Å². The van der Waals surface area contributed by atoms with E-state index in [1.807, 2.05) is 18.2 Å². The number of esters is 1. The SMILES string of the molecule is COc1ccc(OC)c([C@@H]2CCCN2C(=O)COC(=O)c2cccc(Cl)c2)c1. The average Bonchev–Trinajstić information content (AvgIpc) is 3.21. The zero-order valence-electron chi connectivity index (χ0n) is 15.8. The summed E-state index contributed by atoms with van der Waals surface area (Å²) in [6.45, 7) is 0.271. The maximum absolute atomic E-state index is 12.7. The second kappa shape index (κ2) is 8.97. The van der Waals surface area contributed by atoms with Gasteiger partial charge in [0.25, 0.3) is 5.91 Å². The smallest absolute Gasteiger partial charge is 0.338 e. The highest BCUT2D eigenvalue weighted by molar-refractivity contribution is 6.30. The van der Waals surface area contributed by atoms with E-state index in [0.29, 0.717) is 28.6 Å². The largest absolute Gasteiger partial charge is 0.497 e. The van der Waals surface area contributed by atoms with Crippen molar-refractivity contribution in [1.82, 2.24) is 4.90 Å². The summed E-state index contributed by atoms with van der Waals surface area (Å²) in [5, 5.41) is 0.436. The van der Waals surface area contributed by atoms with Gasteiger partial charge in [-0.2, -0.15) is 0 Å². The maximum atomic E-state index is 12.7. The third-order valence-corrected chi connectivity index (χ3v) is 4.99. The third kappa shape index (κ3) is 4.39. The number of rotatable bonds is 6. The molecule has 0 aromatic heterocycles. The summed E-state index contributed by atoms with van der Waals surface area (Å²) in [5.41, 5.74) is 1.20. The molecule has 0 saturated carbocycles. The first-order valence-electron chi connectivity index (χ1n) is 8.97. The summed E-state index contributed by atoms with van der Waals surface area (Å²) in [4.78, 5) is 26.6. The Bertz CT molecular complexity index is 870. The van der Waals surface area contributed by atoms with Crippen LogP contribution in [0.5, 0.6) is 11.5 Å². The molecule has 1 aliphatic rings. The van der Waals surface area contributed by atoms with Crippen LogP contribution in [0.3, 0.4) is 0 Å². The molecular weight excluding hydrogens is 382 g/mol. The molecule has 0 N–H and O–H groups in total. The molecular formula is C21H22ClNO5. The second-order valence-corrected chi connectivity index (χ2v) is 6.88. The van der Waals surface area contributed by atoms with Crippen LogP contribution in [-0.4, -0.2) is 44.1 Å². The molecule has 1 saturated heterocycles. The van der Waals surface area contributed by atoms with Gasteiger partial charge in [-0.3, -0.25) is 4.79 Å².